The second kappa shape index (κ2) is 5.19. The van der Waals surface area contributed by atoms with Crippen molar-refractivity contribution < 1.29 is 9.63 Å². The van der Waals surface area contributed by atoms with Crippen LogP contribution in [0.15, 0.2) is 0 Å². The predicted molar refractivity (Wildman–Crippen MR) is 50.0 cm³/mol. The van der Waals surface area contributed by atoms with Crippen molar-refractivity contribution in [1.29, 1.82) is 0 Å². The lowest BCUT2D eigenvalue weighted by molar-refractivity contribution is -0.136. The number of carbonyl (C=O) groups is 1. The van der Waals surface area contributed by atoms with Crippen LogP contribution in [0.4, 0.5) is 0 Å². The highest BCUT2D eigenvalue weighted by atomic mass is 16.7. The molecule has 1 atom stereocenters. The van der Waals surface area contributed by atoms with Gasteiger partial charge in [-0.2, -0.15) is 0 Å². The molecule has 4 nitrogen and oxygen atoms in total. The maximum Gasteiger partial charge on any atom is 0.260 e. The van der Waals surface area contributed by atoms with Gasteiger partial charge in [-0.15, -0.1) is 0 Å². The van der Waals surface area contributed by atoms with Crippen molar-refractivity contribution in [2.45, 2.75) is 32.7 Å². The maximum atomic E-state index is 11.3. The Morgan fingerprint density at radius 3 is 3.00 bits per heavy atom. The molecular formula is C9H18N2O2. The third-order valence-electron chi connectivity index (χ3n) is 1.97. The van der Waals surface area contributed by atoms with Crippen LogP contribution in [-0.4, -0.2) is 25.1 Å². The average molecular weight is 186 g/mol. The van der Waals surface area contributed by atoms with Gasteiger partial charge in [0.2, 0.25) is 0 Å². The molecule has 1 aliphatic rings. The molecular weight excluding hydrogens is 168 g/mol. The lowest BCUT2D eigenvalue weighted by atomic mass is 10.2. The van der Waals surface area contributed by atoms with Gasteiger partial charge in [-0.1, -0.05) is 13.8 Å². The van der Waals surface area contributed by atoms with Gasteiger partial charge in [0.25, 0.3) is 5.91 Å². The number of hydrogen-bond donors (Lipinski definition) is 2. The van der Waals surface area contributed by atoms with E-state index < -0.39 is 0 Å². The summed E-state index contributed by atoms with van der Waals surface area (Å²) in [5.41, 5.74) is 2.45. The van der Waals surface area contributed by atoms with E-state index in [4.69, 9.17) is 4.84 Å². The van der Waals surface area contributed by atoms with Crippen LogP contribution >= 0.6 is 0 Å². The highest BCUT2D eigenvalue weighted by Gasteiger charge is 2.21. The van der Waals surface area contributed by atoms with E-state index in [1.54, 1.807) is 0 Å². The molecule has 1 unspecified atom stereocenters. The maximum absolute atomic E-state index is 11.3. The van der Waals surface area contributed by atoms with Gasteiger partial charge in [-0.25, -0.2) is 5.48 Å². The van der Waals surface area contributed by atoms with E-state index in [0.29, 0.717) is 12.5 Å². The Morgan fingerprint density at radius 2 is 2.46 bits per heavy atom. The van der Waals surface area contributed by atoms with E-state index in [1.807, 2.05) is 13.8 Å². The molecule has 1 heterocycles. The van der Waals surface area contributed by atoms with E-state index in [1.165, 1.54) is 0 Å². The summed E-state index contributed by atoms with van der Waals surface area (Å²) in [6.45, 7) is 5.58. The largest absolute Gasteiger partial charge is 0.306 e. The Hall–Kier alpha value is -0.610. The van der Waals surface area contributed by atoms with Gasteiger partial charge in [-0.05, 0) is 25.3 Å². The zero-order valence-electron chi connectivity index (χ0n) is 8.30. The van der Waals surface area contributed by atoms with Crippen molar-refractivity contribution in [2.75, 3.05) is 13.2 Å². The summed E-state index contributed by atoms with van der Waals surface area (Å²) >= 11 is 0. The molecule has 0 radical (unpaired) electrons. The van der Waals surface area contributed by atoms with Crippen molar-refractivity contribution >= 4 is 5.91 Å². The fourth-order valence-electron chi connectivity index (χ4n) is 1.26. The molecule has 0 saturated carbocycles. The number of hydrogen-bond acceptors (Lipinski definition) is 3. The van der Waals surface area contributed by atoms with Gasteiger partial charge >= 0.3 is 0 Å². The molecule has 0 bridgehead atoms. The summed E-state index contributed by atoms with van der Waals surface area (Å²) in [4.78, 5) is 16.4. The van der Waals surface area contributed by atoms with Gasteiger partial charge in [0.1, 0.15) is 0 Å². The Morgan fingerprint density at radius 1 is 1.69 bits per heavy atom. The standard InChI is InChI=1S/C9H18N2O2/c1-7(2)6-13-11-9(12)8-4-3-5-10-8/h7-8,10H,3-6H2,1-2H3,(H,11,12). The van der Waals surface area contributed by atoms with Crippen LogP contribution in [0, 0.1) is 5.92 Å². The zero-order valence-corrected chi connectivity index (χ0v) is 8.30. The molecule has 0 spiro atoms. The van der Waals surface area contributed by atoms with Crippen molar-refractivity contribution in [3.63, 3.8) is 0 Å². The zero-order chi connectivity index (χ0) is 9.68. The summed E-state index contributed by atoms with van der Waals surface area (Å²) in [5.74, 6) is 0.398. The van der Waals surface area contributed by atoms with E-state index in [0.717, 1.165) is 19.4 Å². The van der Waals surface area contributed by atoms with Crippen LogP contribution < -0.4 is 10.8 Å². The van der Waals surface area contributed by atoms with Crippen molar-refractivity contribution in [2.24, 2.45) is 5.92 Å². The minimum Gasteiger partial charge on any atom is -0.306 e. The number of rotatable bonds is 4. The monoisotopic (exact) mass is 186 g/mol. The normalized spacial score (nSPS) is 22.2. The lowest BCUT2D eigenvalue weighted by Gasteiger charge is -2.11. The van der Waals surface area contributed by atoms with Crippen LogP contribution in [0.2, 0.25) is 0 Å². The van der Waals surface area contributed by atoms with E-state index in [2.05, 4.69) is 10.8 Å². The molecule has 0 aromatic rings. The molecule has 2 N–H and O–H groups in total. The smallest absolute Gasteiger partial charge is 0.260 e. The van der Waals surface area contributed by atoms with Crippen LogP contribution in [-0.2, 0) is 9.63 Å². The SMILES string of the molecule is CC(C)CONC(=O)C1CCCN1. The Kier molecular flexibility index (Phi) is 4.18. The Labute approximate surface area is 79.0 Å². The fourth-order valence-corrected chi connectivity index (χ4v) is 1.26. The number of hydroxylamine groups is 1. The minimum atomic E-state index is -0.0489. The number of amides is 1. The summed E-state index contributed by atoms with van der Waals surface area (Å²) in [6.07, 6.45) is 1.99. The van der Waals surface area contributed by atoms with Crippen LogP contribution in [0.3, 0.4) is 0 Å². The molecule has 1 rings (SSSR count). The third-order valence-corrected chi connectivity index (χ3v) is 1.97. The third kappa shape index (κ3) is 3.74. The Bertz CT molecular complexity index is 165. The lowest BCUT2D eigenvalue weighted by Crippen LogP contribution is -2.40. The van der Waals surface area contributed by atoms with Crippen molar-refractivity contribution in [1.82, 2.24) is 10.8 Å². The highest BCUT2D eigenvalue weighted by molar-refractivity contribution is 5.80. The molecule has 1 amide bonds. The van der Waals surface area contributed by atoms with Gasteiger partial charge in [0.05, 0.1) is 12.6 Å². The van der Waals surface area contributed by atoms with Gasteiger partial charge in [-0.3, -0.25) is 9.63 Å². The topological polar surface area (TPSA) is 50.4 Å². The first-order chi connectivity index (χ1) is 6.20. The first-order valence-corrected chi connectivity index (χ1v) is 4.85. The first-order valence-electron chi connectivity index (χ1n) is 4.85. The minimum absolute atomic E-state index is 0.0434. The quantitative estimate of drug-likeness (QED) is 0.626. The summed E-state index contributed by atoms with van der Waals surface area (Å²) < 4.78 is 0. The summed E-state index contributed by atoms with van der Waals surface area (Å²) in [6, 6.07) is -0.0489. The highest BCUT2D eigenvalue weighted by Crippen LogP contribution is 2.04. The average Bonchev–Trinajstić information content (AvgIpc) is 2.55. The molecule has 13 heavy (non-hydrogen) atoms. The van der Waals surface area contributed by atoms with E-state index >= 15 is 0 Å². The first kappa shape index (κ1) is 10.5. The molecule has 1 fully saturated rings. The summed E-state index contributed by atoms with van der Waals surface area (Å²) in [7, 11) is 0. The summed E-state index contributed by atoms with van der Waals surface area (Å²) in [5, 5.41) is 3.10. The molecule has 4 heteroatoms. The number of carbonyl (C=O) groups excluding carboxylic acids is 1. The van der Waals surface area contributed by atoms with Gasteiger partial charge < -0.3 is 5.32 Å². The molecule has 1 aliphatic heterocycles. The predicted octanol–water partition coefficient (Wildman–Crippen LogP) is 0.442. The van der Waals surface area contributed by atoms with Crippen molar-refractivity contribution in [3.8, 4) is 0 Å². The molecule has 0 aromatic heterocycles. The number of nitrogens with one attached hydrogen (secondary N) is 2. The second-order valence-corrected chi connectivity index (χ2v) is 3.82. The molecule has 76 valence electrons. The van der Waals surface area contributed by atoms with E-state index in [-0.39, 0.29) is 11.9 Å². The molecule has 1 saturated heterocycles. The fraction of sp³-hybridized carbons (Fsp3) is 0.889. The van der Waals surface area contributed by atoms with Crippen molar-refractivity contribution in [3.05, 3.63) is 0 Å². The Balaban J connectivity index is 2.10. The molecule has 0 aliphatic carbocycles. The molecule has 0 aromatic carbocycles. The van der Waals surface area contributed by atoms with Crippen LogP contribution in [0.5, 0.6) is 0 Å². The second-order valence-electron chi connectivity index (χ2n) is 3.82. The van der Waals surface area contributed by atoms with Crippen LogP contribution in [0.25, 0.3) is 0 Å². The van der Waals surface area contributed by atoms with Gasteiger partial charge in [0, 0.05) is 0 Å². The van der Waals surface area contributed by atoms with Crippen LogP contribution in [0.1, 0.15) is 26.7 Å². The van der Waals surface area contributed by atoms with E-state index in [9.17, 15) is 4.79 Å². The van der Waals surface area contributed by atoms with Gasteiger partial charge in [0.15, 0.2) is 0 Å².